The van der Waals surface area contributed by atoms with Gasteiger partial charge in [0, 0.05) is 25.2 Å². The largest absolute Gasteiger partial charge is 0.309 e. The highest BCUT2D eigenvalue weighted by Gasteiger charge is 2.21. The maximum absolute atomic E-state index is 3.64. The molecular weight excluding hydrogens is 136 g/mol. The van der Waals surface area contributed by atoms with Crippen LogP contribution in [0, 0.1) is 0 Å². The molecule has 2 nitrogen and oxygen atoms in total. The highest BCUT2D eigenvalue weighted by Crippen LogP contribution is 2.06. The second kappa shape index (κ2) is 4.07. The summed E-state index contributed by atoms with van der Waals surface area (Å²) in [5, 5.41) is 3.64. The molecule has 1 N–H and O–H groups in total. The highest BCUT2D eigenvalue weighted by atomic mass is 15.2. The zero-order chi connectivity index (χ0) is 8.27. The first-order chi connectivity index (χ1) is 5.26. The first-order valence-electron chi connectivity index (χ1n) is 4.70. The van der Waals surface area contributed by atoms with Crippen molar-refractivity contribution >= 4 is 0 Å². The van der Waals surface area contributed by atoms with Crippen LogP contribution in [0.3, 0.4) is 0 Å². The van der Waals surface area contributed by atoms with E-state index in [1.54, 1.807) is 0 Å². The van der Waals surface area contributed by atoms with Gasteiger partial charge in [-0.25, -0.2) is 0 Å². The number of piperazine rings is 1. The summed E-state index contributed by atoms with van der Waals surface area (Å²) >= 11 is 0. The number of nitrogens with zero attached hydrogens (tertiary/aromatic N) is 1. The Hall–Kier alpha value is -0.0800. The lowest BCUT2D eigenvalue weighted by atomic mass is 10.1. The minimum atomic E-state index is 0.721. The first kappa shape index (κ1) is 9.01. The van der Waals surface area contributed by atoms with Crippen LogP contribution in [0.2, 0.25) is 0 Å². The normalized spacial score (nSPS) is 34.1. The smallest absolute Gasteiger partial charge is 0.0195 e. The van der Waals surface area contributed by atoms with Gasteiger partial charge in [0.2, 0.25) is 0 Å². The molecular formula is C9H20N2. The monoisotopic (exact) mass is 156 g/mol. The fourth-order valence-corrected chi connectivity index (χ4v) is 1.76. The average molecular weight is 156 g/mol. The molecule has 1 rings (SSSR count). The van der Waals surface area contributed by atoms with Crippen LogP contribution in [-0.4, -0.2) is 37.1 Å². The maximum atomic E-state index is 3.64. The molecule has 0 unspecified atom stereocenters. The summed E-state index contributed by atoms with van der Waals surface area (Å²) in [4.78, 5) is 2.43. The SMILES string of the molecule is CC[C@@H]1CN(C)C[C@H](CC)N1. The van der Waals surface area contributed by atoms with Gasteiger partial charge in [-0.05, 0) is 19.9 Å². The maximum Gasteiger partial charge on any atom is 0.0195 e. The predicted octanol–water partition coefficient (Wildman–Crippen LogP) is 1.08. The van der Waals surface area contributed by atoms with Gasteiger partial charge in [-0.15, -0.1) is 0 Å². The van der Waals surface area contributed by atoms with E-state index < -0.39 is 0 Å². The van der Waals surface area contributed by atoms with Crippen LogP contribution in [0.4, 0.5) is 0 Å². The average Bonchev–Trinajstić information content (AvgIpc) is 2.03. The minimum absolute atomic E-state index is 0.721. The summed E-state index contributed by atoms with van der Waals surface area (Å²) in [6.07, 6.45) is 2.50. The minimum Gasteiger partial charge on any atom is -0.309 e. The third-order valence-corrected chi connectivity index (χ3v) is 2.52. The van der Waals surface area contributed by atoms with E-state index in [9.17, 15) is 0 Å². The van der Waals surface area contributed by atoms with Crippen molar-refractivity contribution in [3.8, 4) is 0 Å². The van der Waals surface area contributed by atoms with E-state index in [1.807, 2.05) is 0 Å². The van der Waals surface area contributed by atoms with Crippen molar-refractivity contribution in [3.05, 3.63) is 0 Å². The Bertz CT molecular complexity index is 102. The topological polar surface area (TPSA) is 15.3 Å². The number of nitrogens with one attached hydrogen (secondary N) is 1. The Kier molecular flexibility index (Phi) is 3.34. The number of hydrogen-bond donors (Lipinski definition) is 1. The van der Waals surface area contributed by atoms with Gasteiger partial charge in [-0.2, -0.15) is 0 Å². The van der Waals surface area contributed by atoms with Gasteiger partial charge in [0.25, 0.3) is 0 Å². The van der Waals surface area contributed by atoms with Crippen LogP contribution in [-0.2, 0) is 0 Å². The van der Waals surface area contributed by atoms with E-state index in [4.69, 9.17) is 0 Å². The fraction of sp³-hybridized carbons (Fsp3) is 1.00. The molecule has 1 fully saturated rings. The molecule has 2 atom stereocenters. The van der Waals surface area contributed by atoms with Gasteiger partial charge in [0.05, 0.1) is 0 Å². The van der Waals surface area contributed by atoms with Crippen molar-refractivity contribution in [2.75, 3.05) is 20.1 Å². The molecule has 1 aliphatic heterocycles. The zero-order valence-electron chi connectivity index (χ0n) is 7.93. The Morgan fingerprint density at radius 3 is 2.00 bits per heavy atom. The lowest BCUT2D eigenvalue weighted by Crippen LogP contribution is -2.54. The molecule has 1 heterocycles. The van der Waals surface area contributed by atoms with Gasteiger partial charge in [0.15, 0.2) is 0 Å². The third-order valence-electron chi connectivity index (χ3n) is 2.52. The van der Waals surface area contributed by atoms with Crippen LogP contribution in [0.5, 0.6) is 0 Å². The summed E-state index contributed by atoms with van der Waals surface area (Å²) in [6.45, 7) is 6.94. The van der Waals surface area contributed by atoms with E-state index in [0.717, 1.165) is 12.1 Å². The van der Waals surface area contributed by atoms with Crippen molar-refractivity contribution in [2.24, 2.45) is 0 Å². The first-order valence-corrected chi connectivity index (χ1v) is 4.70. The van der Waals surface area contributed by atoms with Crippen LogP contribution < -0.4 is 5.32 Å². The van der Waals surface area contributed by atoms with Crippen LogP contribution in [0.15, 0.2) is 0 Å². The lowest BCUT2D eigenvalue weighted by Gasteiger charge is -2.36. The van der Waals surface area contributed by atoms with Crippen molar-refractivity contribution in [1.82, 2.24) is 10.2 Å². The Balaban J connectivity index is 2.37. The molecule has 0 radical (unpaired) electrons. The zero-order valence-corrected chi connectivity index (χ0v) is 7.93. The predicted molar refractivity (Wildman–Crippen MR) is 48.8 cm³/mol. The second-order valence-corrected chi connectivity index (χ2v) is 3.60. The summed E-state index contributed by atoms with van der Waals surface area (Å²) in [5.74, 6) is 0. The molecule has 0 aromatic rings. The van der Waals surface area contributed by atoms with E-state index in [2.05, 4.69) is 31.1 Å². The van der Waals surface area contributed by atoms with E-state index in [-0.39, 0.29) is 0 Å². The van der Waals surface area contributed by atoms with Gasteiger partial charge < -0.3 is 10.2 Å². The molecule has 0 aromatic carbocycles. The van der Waals surface area contributed by atoms with E-state index >= 15 is 0 Å². The molecule has 11 heavy (non-hydrogen) atoms. The highest BCUT2D eigenvalue weighted by molar-refractivity contribution is 4.82. The van der Waals surface area contributed by atoms with Gasteiger partial charge in [-0.3, -0.25) is 0 Å². The standard InChI is InChI=1S/C9H20N2/c1-4-8-6-11(3)7-9(5-2)10-8/h8-10H,4-7H2,1-3H3/t8-,9+. The van der Waals surface area contributed by atoms with Crippen molar-refractivity contribution < 1.29 is 0 Å². The lowest BCUT2D eigenvalue weighted by molar-refractivity contribution is 0.185. The number of hydrogen-bond acceptors (Lipinski definition) is 2. The number of likely N-dealkylation sites (N-methyl/N-ethyl adjacent to an activating group) is 1. The molecule has 0 aliphatic carbocycles. The number of rotatable bonds is 2. The van der Waals surface area contributed by atoms with Crippen molar-refractivity contribution in [1.29, 1.82) is 0 Å². The molecule has 0 saturated carbocycles. The van der Waals surface area contributed by atoms with Crippen LogP contribution in [0.25, 0.3) is 0 Å². The molecule has 1 aliphatic rings. The van der Waals surface area contributed by atoms with Crippen molar-refractivity contribution in [3.63, 3.8) is 0 Å². The molecule has 2 heteroatoms. The molecule has 0 bridgehead atoms. The van der Waals surface area contributed by atoms with E-state index in [1.165, 1.54) is 25.9 Å². The summed E-state index contributed by atoms with van der Waals surface area (Å²) in [5.41, 5.74) is 0. The Labute approximate surface area is 70.0 Å². The quantitative estimate of drug-likeness (QED) is 0.643. The molecule has 0 amide bonds. The van der Waals surface area contributed by atoms with E-state index in [0.29, 0.717) is 0 Å². The second-order valence-electron chi connectivity index (χ2n) is 3.60. The van der Waals surface area contributed by atoms with Crippen LogP contribution >= 0.6 is 0 Å². The molecule has 0 spiro atoms. The summed E-state index contributed by atoms with van der Waals surface area (Å²) in [6, 6.07) is 1.44. The Morgan fingerprint density at radius 2 is 1.64 bits per heavy atom. The summed E-state index contributed by atoms with van der Waals surface area (Å²) < 4.78 is 0. The molecule has 0 aromatic heterocycles. The molecule has 1 saturated heterocycles. The third kappa shape index (κ3) is 2.46. The fourth-order valence-electron chi connectivity index (χ4n) is 1.76. The Morgan fingerprint density at radius 1 is 1.18 bits per heavy atom. The van der Waals surface area contributed by atoms with Crippen LogP contribution in [0.1, 0.15) is 26.7 Å². The van der Waals surface area contributed by atoms with Gasteiger partial charge in [0.1, 0.15) is 0 Å². The summed E-state index contributed by atoms with van der Waals surface area (Å²) in [7, 11) is 2.21. The van der Waals surface area contributed by atoms with Gasteiger partial charge in [-0.1, -0.05) is 13.8 Å². The van der Waals surface area contributed by atoms with Crippen molar-refractivity contribution in [2.45, 2.75) is 38.8 Å². The van der Waals surface area contributed by atoms with Gasteiger partial charge >= 0.3 is 0 Å². The molecule has 66 valence electrons.